The largest absolute Gasteiger partial charge is 0.504 e. The monoisotopic (exact) mass is 318 g/mol. The number of methoxy groups -OCH3 is 3. The second-order valence-electron chi connectivity index (χ2n) is 4.76. The number of phenolic OH excluding ortho intramolecular Hbond substituents is 2. The van der Waals surface area contributed by atoms with E-state index >= 15 is 0 Å². The zero-order valence-electron chi connectivity index (χ0n) is 12.7. The van der Waals surface area contributed by atoms with E-state index in [0.29, 0.717) is 5.75 Å². The van der Waals surface area contributed by atoms with Crippen LogP contribution in [0.1, 0.15) is 0 Å². The van der Waals surface area contributed by atoms with Gasteiger partial charge in [-0.25, -0.2) is 0 Å². The average molecular weight is 318 g/mol. The Morgan fingerprint density at radius 2 is 1.61 bits per heavy atom. The van der Waals surface area contributed by atoms with Crippen molar-refractivity contribution in [1.29, 1.82) is 0 Å². The molecule has 3 aromatic rings. The molecule has 0 saturated heterocycles. The van der Waals surface area contributed by atoms with Crippen molar-refractivity contribution < 1.29 is 28.8 Å². The van der Waals surface area contributed by atoms with E-state index in [1.54, 1.807) is 6.07 Å². The molecule has 0 amide bonds. The first-order chi connectivity index (χ1) is 11.0. The number of rotatable bonds is 3. The number of hydrogen-bond acceptors (Lipinski definition) is 7. The van der Waals surface area contributed by atoms with Gasteiger partial charge in [0.1, 0.15) is 5.39 Å². The summed E-state index contributed by atoms with van der Waals surface area (Å²) in [5.41, 5.74) is -0.443. The van der Waals surface area contributed by atoms with Crippen LogP contribution in [0.5, 0.6) is 28.7 Å². The Morgan fingerprint density at radius 1 is 0.913 bits per heavy atom. The van der Waals surface area contributed by atoms with Gasteiger partial charge in [0.2, 0.25) is 11.2 Å². The van der Waals surface area contributed by atoms with E-state index in [0.717, 1.165) is 6.07 Å². The molecule has 120 valence electrons. The highest BCUT2D eigenvalue weighted by molar-refractivity contribution is 5.99. The van der Waals surface area contributed by atoms with Gasteiger partial charge in [-0.2, -0.15) is 0 Å². The molecule has 0 bridgehead atoms. The molecular weight excluding hydrogens is 304 g/mol. The van der Waals surface area contributed by atoms with Crippen LogP contribution in [0.25, 0.3) is 21.9 Å². The van der Waals surface area contributed by atoms with E-state index in [4.69, 9.17) is 18.6 Å². The zero-order chi connectivity index (χ0) is 16.7. The van der Waals surface area contributed by atoms with E-state index < -0.39 is 5.43 Å². The number of hydrogen-bond donors (Lipinski definition) is 2. The summed E-state index contributed by atoms with van der Waals surface area (Å²) < 4.78 is 21.2. The molecule has 0 atom stereocenters. The van der Waals surface area contributed by atoms with Crippen molar-refractivity contribution >= 4 is 21.9 Å². The Kier molecular flexibility index (Phi) is 3.40. The maximum atomic E-state index is 12.8. The summed E-state index contributed by atoms with van der Waals surface area (Å²) in [4.78, 5) is 12.8. The lowest BCUT2D eigenvalue weighted by molar-refractivity contribution is 0.353. The van der Waals surface area contributed by atoms with Crippen LogP contribution in [0, 0.1) is 0 Å². The van der Waals surface area contributed by atoms with Gasteiger partial charge in [0.25, 0.3) is 0 Å². The molecule has 0 spiro atoms. The summed E-state index contributed by atoms with van der Waals surface area (Å²) in [6.07, 6.45) is 0. The minimum Gasteiger partial charge on any atom is -0.504 e. The van der Waals surface area contributed by atoms with E-state index in [2.05, 4.69) is 0 Å². The molecule has 0 saturated carbocycles. The third kappa shape index (κ3) is 2.01. The molecule has 0 radical (unpaired) electrons. The minimum absolute atomic E-state index is 0.0512. The highest BCUT2D eigenvalue weighted by Crippen LogP contribution is 2.42. The second kappa shape index (κ2) is 5.28. The zero-order valence-corrected chi connectivity index (χ0v) is 12.7. The van der Waals surface area contributed by atoms with Crippen LogP contribution in [-0.2, 0) is 0 Å². The molecule has 7 heteroatoms. The van der Waals surface area contributed by atoms with Crippen LogP contribution in [0.3, 0.4) is 0 Å². The maximum Gasteiger partial charge on any atom is 0.204 e. The predicted molar refractivity (Wildman–Crippen MR) is 83.0 cm³/mol. The Bertz CT molecular complexity index is 972. The van der Waals surface area contributed by atoms with E-state index in [1.165, 1.54) is 27.4 Å². The molecule has 2 aromatic carbocycles. The minimum atomic E-state index is -0.467. The van der Waals surface area contributed by atoms with E-state index in [-0.39, 0.29) is 44.9 Å². The fourth-order valence-corrected chi connectivity index (χ4v) is 2.55. The number of benzene rings is 2. The predicted octanol–water partition coefficient (Wildman–Crippen LogP) is 2.38. The number of ether oxygens (including phenoxy) is 3. The molecule has 0 aliphatic rings. The van der Waals surface area contributed by atoms with Crippen molar-refractivity contribution in [2.24, 2.45) is 0 Å². The lowest BCUT2D eigenvalue weighted by atomic mass is 10.1. The van der Waals surface area contributed by atoms with Gasteiger partial charge in [0.15, 0.2) is 34.2 Å². The Hall–Kier alpha value is -3.09. The molecule has 0 aliphatic carbocycles. The van der Waals surface area contributed by atoms with Gasteiger partial charge in [-0.3, -0.25) is 4.79 Å². The summed E-state index contributed by atoms with van der Waals surface area (Å²) >= 11 is 0. The van der Waals surface area contributed by atoms with Crippen molar-refractivity contribution in [3.8, 4) is 28.7 Å². The summed E-state index contributed by atoms with van der Waals surface area (Å²) in [7, 11) is 4.18. The van der Waals surface area contributed by atoms with Gasteiger partial charge in [0.05, 0.1) is 26.7 Å². The summed E-state index contributed by atoms with van der Waals surface area (Å²) in [6, 6.07) is 4.13. The molecule has 3 rings (SSSR count). The maximum absolute atomic E-state index is 12.8. The molecule has 0 unspecified atom stereocenters. The highest BCUT2D eigenvalue weighted by Gasteiger charge is 2.22. The normalized spacial score (nSPS) is 10.9. The summed E-state index contributed by atoms with van der Waals surface area (Å²) in [5, 5.41) is 20.0. The number of fused-ring (bicyclic) bond motifs is 2. The third-order valence-corrected chi connectivity index (χ3v) is 3.57. The molecular formula is C16H14O7. The smallest absolute Gasteiger partial charge is 0.204 e. The van der Waals surface area contributed by atoms with E-state index in [1.807, 2.05) is 0 Å². The topological polar surface area (TPSA) is 98.4 Å². The standard InChI is InChI=1S/C16H14O7/c1-20-10-5-4-7-12(19)11-14(21-2)8(17)6-9(18)15(11)23-13(7)16(10)22-3/h4-6,17-18H,1-3H3. The first kappa shape index (κ1) is 14.8. The fraction of sp³-hybridized carbons (Fsp3) is 0.188. The quantitative estimate of drug-likeness (QED) is 0.715. The van der Waals surface area contributed by atoms with Crippen LogP contribution >= 0.6 is 0 Å². The lowest BCUT2D eigenvalue weighted by Crippen LogP contribution is -2.05. The Labute approximate surface area is 130 Å². The van der Waals surface area contributed by atoms with Crippen LogP contribution in [0.15, 0.2) is 27.4 Å². The van der Waals surface area contributed by atoms with Gasteiger partial charge in [-0.1, -0.05) is 0 Å². The Balaban J connectivity index is 2.60. The molecule has 1 aromatic heterocycles. The van der Waals surface area contributed by atoms with Crippen molar-refractivity contribution in [2.45, 2.75) is 0 Å². The average Bonchev–Trinajstić information content (AvgIpc) is 2.55. The van der Waals surface area contributed by atoms with Crippen LogP contribution in [0.4, 0.5) is 0 Å². The van der Waals surface area contributed by atoms with Crippen molar-refractivity contribution in [1.82, 2.24) is 0 Å². The lowest BCUT2D eigenvalue weighted by Gasteiger charge is -2.12. The first-order valence-corrected chi connectivity index (χ1v) is 6.63. The van der Waals surface area contributed by atoms with Gasteiger partial charge in [-0.15, -0.1) is 0 Å². The van der Waals surface area contributed by atoms with Crippen LogP contribution < -0.4 is 19.6 Å². The summed E-state index contributed by atoms with van der Waals surface area (Å²) in [6.45, 7) is 0. The van der Waals surface area contributed by atoms with Crippen LogP contribution in [-0.4, -0.2) is 31.5 Å². The van der Waals surface area contributed by atoms with Crippen molar-refractivity contribution in [3.05, 3.63) is 28.4 Å². The Morgan fingerprint density at radius 3 is 2.22 bits per heavy atom. The van der Waals surface area contributed by atoms with Gasteiger partial charge in [0, 0.05) is 6.07 Å². The SMILES string of the molecule is COc1ccc2c(=O)c3c(OC)c(O)cc(O)c3oc2c1OC. The molecule has 2 N–H and O–H groups in total. The molecule has 7 nitrogen and oxygen atoms in total. The molecule has 23 heavy (non-hydrogen) atoms. The van der Waals surface area contributed by atoms with Gasteiger partial charge in [-0.05, 0) is 12.1 Å². The molecule has 0 fully saturated rings. The van der Waals surface area contributed by atoms with Gasteiger partial charge < -0.3 is 28.8 Å². The highest BCUT2D eigenvalue weighted by atomic mass is 16.5. The van der Waals surface area contributed by atoms with Crippen molar-refractivity contribution in [3.63, 3.8) is 0 Å². The third-order valence-electron chi connectivity index (χ3n) is 3.57. The van der Waals surface area contributed by atoms with E-state index in [9.17, 15) is 15.0 Å². The molecule has 0 aliphatic heterocycles. The first-order valence-electron chi connectivity index (χ1n) is 6.63. The van der Waals surface area contributed by atoms with Gasteiger partial charge >= 0.3 is 0 Å². The van der Waals surface area contributed by atoms with Crippen molar-refractivity contribution in [2.75, 3.05) is 21.3 Å². The fourth-order valence-electron chi connectivity index (χ4n) is 2.55. The summed E-state index contributed by atoms with van der Waals surface area (Å²) in [5.74, 6) is -0.196. The number of phenols is 2. The van der Waals surface area contributed by atoms with Crippen LogP contribution in [0.2, 0.25) is 0 Å². The number of aromatic hydroxyl groups is 2. The molecule has 1 heterocycles. The second-order valence-corrected chi connectivity index (χ2v) is 4.76.